The summed E-state index contributed by atoms with van der Waals surface area (Å²) >= 11 is 0. The minimum Gasteiger partial charge on any atom is -0.394 e. The molecule has 4 rings (SSSR count). The Kier molecular flexibility index (Phi) is 4.99. The van der Waals surface area contributed by atoms with Gasteiger partial charge in [-0.3, -0.25) is 9.59 Å². The number of anilines is 2. The van der Waals surface area contributed by atoms with E-state index < -0.39 is 21.2 Å². The smallest absolute Gasteiger partial charge is 0.394 e. The molecule has 2 aliphatic carbocycles. The fourth-order valence-electron chi connectivity index (χ4n) is 4.13. The first-order chi connectivity index (χ1) is 13.8. The van der Waals surface area contributed by atoms with Gasteiger partial charge in [0.2, 0.25) is 0 Å². The van der Waals surface area contributed by atoms with Crippen LogP contribution in [-0.2, 0) is 23.5 Å². The molecule has 0 bridgehead atoms. The molecule has 0 heterocycles. The zero-order chi connectivity index (χ0) is 20.8. The minimum atomic E-state index is -4.39. The summed E-state index contributed by atoms with van der Waals surface area (Å²) < 4.78 is 28.8. The van der Waals surface area contributed by atoms with Crippen LogP contribution < -0.4 is 16.9 Å². The van der Waals surface area contributed by atoms with Crippen LogP contribution in [0.2, 0.25) is 0 Å². The number of nitrogens with two attached hydrogens (primary N) is 2. The van der Waals surface area contributed by atoms with Crippen LogP contribution in [0.1, 0.15) is 63.9 Å². The summed E-state index contributed by atoms with van der Waals surface area (Å²) in [7, 11) is -4.39. The fourth-order valence-corrected chi connectivity index (χ4v) is 4.87. The predicted octanol–water partition coefficient (Wildman–Crippen LogP) is 2.80. The zero-order valence-electron chi connectivity index (χ0n) is 15.6. The van der Waals surface area contributed by atoms with Gasteiger partial charge in [-0.25, -0.2) is 0 Å². The Morgan fingerprint density at radius 3 is 2.17 bits per heavy atom. The number of ketones is 2. The van der Waals surface area contributed by atoms with E-state index in [2.05, 4.69) is 9.60 Å². The lowest BCUT2D eigenvalue weighted by Crippen LogP contribution is -2.29. The Morgan fingerprint density at radius 1 is 1.00 bits per heavy atom. The lowest BCUT2D eigenvalue weighted by atomic mass is 9.82. The molecule has 29 heavy (non-hydrogen) atoms. The highest BCUT2D eigenvalue weighted by atomic mass is 32.3. The maximum absolute atomic E-state index is 13.2. The Bertz CT molecular complexity index is 1060. The lowest BCUT2D eigenvalue weighted by Gasteiger charge is -2.27. The van der Waals surface area contributed by atoms with Crippen molar-refractivity contribution >= 4 is 33.4 Å². The van der Waals surface area contributed by atoms with Crippen LogP contribution in [0.5, 0.6) is 0 Å². The molecule has 9 heteroatoms. The summed E-state index contributed by atoms with van der Waals surface area (Å²) in [5, 5.41) is 3.27. The average molecular weight is 415 g/mol. The first-order valence-electron chi connectivity index (χ1n) is 9.40. The first-order valence-corrected chi connectivity index (χ1v) is 10.8. The molecule has 1 atom stereocenters. The molecule has 2 aromatic carbocycles. The standard InChI is InChI=1S/C20H21N3O5S/c21-18-15(29(26,27)28-22)10-14(23-11-6-2-1-3-7-11)16-17(18)20(25)13-9-5-4-8-12(13)19(16)24/h4-5,8-11,23H,1-3,6-7,21-22H2/q+1. The van der Waals surface area contributed by atoms with Crippen LogP contribution in [0.25, 0.3) is 0 Å². The van der Waals surface area contributed by atoms with Crippen LogP contribution in [0, 0.1) is 0 Å². The van der Waals surface area contributed by atoms with E-state index in [1.54, 1.807) is 18.2 Å². The Balaban J connectivity index is 1.95. The second-order valence-electron chi connectivity index (χ2n) is 7.32. The van der Waals surface area contributed by atoms with Crippen LogP contribution in [0.3, 0.4) is 0 Å². The number of benzene rings is 2. The van der Waals surface area contributed by atoms with E-state index in [4.69, 9.17) is 11.6 Å². The van der Waals surface area contributed by atoms with Crippen molar-refractivity contribution in [2.45, 2.75) is 43.0 Å². The minimum absolute atomic E-state index is 0.0610. The Labute approximate surface area is 169 Å². The summed E-state index contributed by atoms with van der Waals surface area (Å²) in [5.41, 5.74) is 6.38. The molecular weight excluding hydrogens is 394 g/mol. The van der Waals surface area contributed by atoms with Crippen LogP contribution in [-0.4, -0.2) is 17.6 Å². The van der Waals surface area contributed by atoms with Gasteiger partial charge in [-0.1, -0.05) is 43.5 Å². The number of nitrogens with one attached hydrogen (secondary N) is 1. The van der Waals surface area contributed by atoms with Gasteiger partial charge in [0.25, 0.3) is 4.90 Å². The van der Waals surface area contributed by atoms with Crippen molar-refractivity contribution in [1.82, 2.24) is 0 Å². The van der Waals surface area contributed by atoms with E-state index in [1.165, 1.54) is 12.1 Å². The number of carbonyl (C=O) groups excluding carboxylic acids is 2. The van der Waals surface area contributed by atoms with Crippen LogP contribution in [0.4, 0.5) is 11.4 Å². The summed E-state index contributed by atoms with van der Waals surface area (Å²) in [4.78, 5) is 26.0. The highest BCUT2D eigenvalue weighted by molar-refractivity contribution is 7.93. The van der Waals surface area contributed by atoms with E-state index in [9.17, 15) is 18.4 Å². The quantitative estimate of drug-likeness (QED) is 0.337. The number of nitrogen functional groups attached to an aromatic ring is 1. The third-order valence-corrected chi connectivity index (χ3v) is 6.69. The second-order valence-corrected chi connectivity index (χ2v) is 8.86. The normalized spacial score (nSPS) is 18.7. The van der Waals surface area contributed by atoms with Gasteiger partial charge < -0.3 is 11.1 Å². The molecule has 151 valence electrons. The highest BCUT2D eigenvalue weighted by Gasteiger charge is 2.44. The third-order valence-electron chi connectivity index (χ3n) is 5.56. The highest BCUT2D eigenvalue weighted by Crippen LogP contribution is 2.41. The molecule has 0 spiro atoms. The maximum Gasteiger partial charge on any atom is 0.449 e. The monoisotopic (exact) mass is 415 g/mol. The average Bonchev–Trinajstić information content (AvgIpc) is 2.73. The van der Waals surface area contributed by atoms with Crippen molar-refractivity contribution < 1.29 is 22.6 Å². The Hall–Kier alpha value is -2.59. The van der Waals surface area contributed by atoms with Gasteiger partial charge in [-0.05, 0) is 21.3 Å². The number of hydrogen-bond donors (Lipinski definition) is 3. The summed E-state index contributed by atoms with van der Waals surface area (Å²) in [5.74, 6) is 4.06. The van der Waals surface area contributed by atoms with Gasteiger partial charge in [0, 0.05) is 23.2 Å². The molecule has 2 aliphatic rings. The maximum atomic E-state index is 13.2. The molecule has 1 unspecified atom stereocenters. The molecule has 1 saturated carbocycles. The number of carbonyl (C=O) groups is 2. The SMILES string of the molecule is NO[S+]([O])(=O)c1cc(NC2CCCCC2)c2c(c1N)C(=O)c1ccccc1C2=O. The topological polar surface area (TPSA) is 144 Å². The molecule has 2 aromatic rings. The van der Waals surface area contributed by atoms with Crippen molar-refractivity contribution in [3.8, 4) is 0 Å². The lowest BCUT2D eigenvalue weighted by molar-refractivity contribution is 0.0980. The molecule has 1 fully saturated rings. The summed E-state index contributed by atoms with van der Waals surface area (Å²) in [6, 6.07) is 7.71. The molecular formula is C20H21N3O5S+. The summed E-state index contributed by atoms with van der Waals surface area (Å²) in [6.45, 7) is 0. The first kappa shape index (κ1) is 19.7. The molecule has 1 radical (unpaired) electrons. The molecule has 0 aliphatic heterocycles. The molecule has 0 saturated heterocycles. The van der Waals surface area contributed by atoms with E-state index >= 15 is 0 Å². The van der Waals surface area contributed by atoms with E-state index in [1.807, 2.05) is 0 Å². The van der Waals surface area contributed by atoms with Crippen molar-refractivity contribution in [2.24, 2.45) is 5.90 Å². The van der Waals surface area contributed by atoms with Crippen molar-refractivity contribution in [2.75, 3.05) is 11.1 Å². The Morgan fingerprint density at radius 2 is 1.59 bits per heavy atom. The number of hydrogen-bond acceptors (Lipinski definition) is 7. The molecule has 8 nitrogen and oxygen atoms in total. The zero-order valence-corrected chi connectivity index (χ0v) is 16.4. The fraction of sp³-hybridized carbons (Fsp3) is 0.300. The van der Waals surface area contributed by atoms with Crippen LogP contribution >= 0.6 is 0 Å². The van der Waals surface area contributed by atoms with Gasteiger partial charge in [-0.15, -0.1) is 0 Å². The van der Waals surface area contributed by atoms with Crippen molar-refractivity contribution in [3.05, 3.63) is 52.6 Å². The number of rotatable bonds is 4. The van der Waals surface area contributed by atoms with Gasteiger partial charge in [0.05, 0.1) is 21.4 Å². The van der Waals surface area contributed by atoms with E-state index in [0.717, 1.165) is 32.1 Å². The number of fused-ring (bicyclic) bond motifs is 2. The van der Waals surface area contributed by atoms with Crippen molar-refractivity contribution in [3.63, 3.8) is 0 Å². The molecule has 5 N–H and O–H groups in total. The van der Waals surface area contributed by atoms with Gasteiger partial charge in [0.1, 0.15) is 5.69 Å². The second kappa shape index (κ2) is 7.34. The van der Waals surface area contributed by atoms with E-state index in [0.29, 0.717) is 0 Å². The molecule has 0 aromatic heterocycles. The van der Waals surface area contributed by atoms with Gasteiger partial charge in [0.15, 0.2) is 11.6 Å². The van der Waals surface area contributed by atoms with E-state index in [-0.39, 0.29) is 45.5 Å². The van der Waals surface area contributed by atoms with Gasteiger partial charge in [-0.2, -0.15) is 5.90 Å². The predicted molar refractivity (Wildman–Crippen MR) is 107 cm³/mol. The summed E-state index contributed by atoms with van der Waals surface area (Å²) in [6.07, 6.45) is 4.95. The third kappa shape index (κ3) is 3.25. The molecule has 0 amide bonds. The van der Waals surface area contributed by atoms with Crippen LogP contribution in [0.15, 0.2) is 35.2 Å². The van der Waals surface area contributed by atoms with Crippen molar-refractivity contribution in [1.29, 1.82) is 0 Å². The largest absolute Gasteiger partial charge is 0.449 e. The van der Waals surface area contributed by atoms with Gasteiger partial charge >= 0.3 is 10.5 Å².